The molecule has 0 aliphatic carbocycles. The third kappa shape index (κ3) is 6.31. The van der Waals surface area contributed by atoms with Crippen LogP contribution >= 0.6 is 11.8 Å². The van der Waals surface area contributed by atoms with Crippen LogP contribution in [0.5, 0.6) is 11.5 Å². The highest BCUT2D eigenvalue weighted by atomic mass is 32.2. The van der Waals surface area contributed by atoms with Crippen LogP contribution in [0.2, 0.25) is 0 Å². The van der Waals surface area contributed by atoms with Crippen molar-refractivity contribution in [2.45, 2.75) is 25.2 Å². The Morgan fingerprint density at radius 3 is 2.48 bits per heavy atom. The van der Waals surface area contributed by atoms with Gasteiger partial charge in [-0.05, 0) is 50.2 Å². The van der Waals surface area contributed by atoms with Crippen LogP contribution < -0.4 is 14.8 Å². The van der Waals surface area contributed by atoms with Crippen LogP contribution in [0.15, 0.2) is 47.4 Å². The van der Waals surface area contributed by atoms with Crippen LogP contribution in [-0.4, -0.2) is 24.9 Å². The van der Waals surface area contributed by atoms with Crippen LogP contribution in [0.4, 0.5) is 10.1 Å². The lowest BCUT2D eigenvalue weighted by Crippen LogP contribution is -2.13. The maximum absolute atomic E-state index is 12.9. The van der Waals surface area contributed by atoms with Gasteiger partial charge in [0.25, 0.3) is 0 Å². The Morgan fingerprint density at radius 1 is 1.08 bits per heavy atom. The topological polar surface area (TPSA) is 47.6 Å². The number of rotatable bonds is 9. The average molecular weight is 363 g/mol. The smallest absolute Gasteiger partial charge is 0.225 e. The third-order valence-electron chi connectivity index (χ3n) is 3.25. The van der Waals surface area contributed by atoms with Gasteiger partial charge in [-0.2, -0.15) is 0 Å². The van der Waals surface area contributed by atoms with E-state index in [1.807, 2.05) is 19.9 Å². The van der Waals surface area contributed by atoms with Gasteiger partial charge < -0.3 is 14.8 Å². The van der Waals surface area contributed by atoms with Crippen molar-refractivity contribution in [1.29, 1.82) is 0 Å². The maximum atomic E-state index is 12.9. The number of carbonyl (C=O) groups is 1. The molecule has 2 aromatic carbocycles. The molecule has 0 fully saturated rings. The number of benzene rings is 2. The first-order valence-corrected chi connectivity index (χ1v) is 9.18. The summed E-state index contributed by atoms with van der Waals surface area (Å²) >= 11 is 1.51. The van der Waals surface area contributed by atoms with Gasteiger partial charge in [0, 0.05) is 23.1 Å². The summed E-state index contributed by atoms with van der Waals surface area (Å²) in [5.41, 5.74) is 0.601. The van der Waals surface area contributed by atoms with E-state index in [1.165, 1.54) is 23.9 Å². The Hall–Kier alpha value is -2.21. The van der Waals surface area contributed by atoms with Crippen LogP contribution in [-0.2, 0) is 4.79 Å². The van der Waals surface area contributed by atoms with E-state index in [-0.39, 0.29) is 11.7 Å². The molecule has 0 aliphatic heterocycles. The molecule has 0 spiro atoms. The normalized spacial score (nSPS) is 10.4. The molecule has 25 heavy (non-hydrogen) atoms. The van der Waals surface area contributed by atoms with Crippen molar-refractivity contribution in [2.75, 3.05) is 24.3 Å². The van der Waals surface area contributed by atoms with E-state index in [0.717, 1.165) is 4.90 Å². The Morgan fingerprint density at radius 2 is 1.80 bits per heavy atom. The Labute approximate surface area is 151 Å². The van der Waals surface area contributed by atoms with Gasteiger partial charge in [-0.25, -0.2) is 4.39 Å². The number of amides is 1. The van der Waals surface area contributed by atoms with E-state index in [4.69, 9.17) is 9.47 Å². The van der Waals surface area contributed by atoms with Gasteiger partial charge in [-0.3, -0.25) is 4.79 Å². The number of anilines is 1. The lowest BCUT2D eigenvalue weighted by atomic mass is 10.2. The van der Waals surface area contributed by atoms with Crippen LogP contribution in [0, 0.1) is 5.82 Å². The highest BCUT2D eigenvalue weighted by Crippen LogP contribution is 2.30. The fraction of sp³-hybridized carbons (Fsp3) is 0.316. The van der Waals surface area contributed by atoms with Gasteiger partial charge in [0.1, 0.15) is 17.3 Å². The first kappa shape index (κ1) is 19.1. The summed E-state index contributed by atoms with van der Waals surface area (Å²) in [6, 6.07) is 11.6. The summed E-state index contributed by atoms with van der Waals surface area (Å²) < 4.78 is 23.9. The van der Waals surface area contributed by atoms with Crippen molar-refractivity contribution in [3.8, 4) is 11.5 Å². The molecule has 1 amide bonds. The molecule has 2 aromatic rings. The monoisotopic (exact) mass is 363 g/mol. The first-order chi connectivity index (χ1) is 12.1. The molecule has 0 aliphatic rings. The number of hydrogen-bond acceptors (Lipinski definition) is 4. The lowest BCUT2D eigenvalue weighted by molar-refractivity contribution is -0.115. The van der Waals surface area contributed by atoms with Crippen LogP contribution in [0.25, 0.3) is 0 Å². The number of nitrogens with one attached hydrogen (secondary N) is 1. The average Bonchev–Trinajstić information content (AvgIpc) is 2.59. The SMILES string of the molecule is CCOc1ccc(OCC)c(NC(=O)CCSc2ccc(F)cc2)c1. The van der Waals surface area contributed by atoms with E-state index in [1.54, 1.807) is 24.3 Å². The fourth-order valence-electron chi connectivity index (χ4n) is 2.15. The molecule has 0 radical (unpaired) electrons. The fourth-order valence-corrected chi connectivity index (χ4v) is 3.00. The largest absolute Gasteiger partial charge is 0.494 e. The number of ether oxygens (including phenoxy) is 2. The Kier molecular flexibility index (Phi) is 7.60. The van der Waals surface area contributed by atoms with Gasteiger partial charge in [-0.15, -0.1) is 11.8 Å². The minimum Gasteiger partial charge on any atom is -0.494 e. The Bertz CT molecular complexity index is 692. The van der Waals surface area contributed by atoms with Gasteiger partial charge in [0.2, 0.25) is 5.91 Å². The molecule has 6 heteroatoms. The highest BCUT2D eigenvalue weighted by molar-refractivity contribution is 7.99. The quantitative estimate of drug-likeness (QED) is 0.654. The van der Waals surface area contributed by atoms with Crippen molar-refractivity contribution in [1.82, 2.24) is 0 Å². The molecule has 0 heterocycles. The minimum atomic E-state index is -0.264. The first-order valence-electron chi connectivity index (χ1n) is 8.20. The van der Waals surface area contributed by atoms with Crippen LogP contribution in [0.1, 0.15) is 20.3 Å². The summed E-state index contributed by atoms with van der Waals surface area (Å²) in [5, 5.41) is 2.87. The Balaban J connectivity index is 1.91. The molecule has 2 rings (SSSR count). The summed E-state index contributed by atoms with van der Waals surface area (Å²) in [4.78, 5) is 13.1. The number of hydrogen-bond donors (Lipinski definition) is 1. The van der Waals surface area contributed by atoms with Crippen LogP contribution in [0.3, 0.4) is 0 Å². The van der Waals surface area contributed by atoms with Crippen molar-refractivity contribution in [3.63, 3.8) is 0 Å². The molecule has 0 bridgehead atoms. The zero-order chi connectivity index (χ0) is 18.1. The van der Waals surface area contributed by atoms with E-state index < -0.39 is 0 Å². The van der Waals surface area contributed by atoms with E-state index in [9.17, 15) is 9.18 Å². The molecule has 0 saturated carbocycles. The zero-order valence-corrected chi connectivity index (χ0v) is 15.2. The van der Waals surface area contributed by atoms with E-state index in [2.05, 4.69) is 5.32 Å². The predicted molar refractivity (Wildman–Crippen MR) is 99.2 cm³/mol. The second kappa shape index (κ2) is 9.93. The van der Waals surface area contributed by atoms with Crippen molar-refractivity contribution in [2.24, 2.45) is 0 Å². The number of carbonyl (C=O) groups excluding carboxylic acids is 1. The van der Waals surface area contributed by atoms with Crippen molar-refractivity contribution < 1.29 is 18.7 Å². The zero-order valence-electron chi connectivity index (χ0n) is 14.4. The van der Waals surface area contributed by atoms with Gasteiger partial charge in [-0.1, -0.05) is 0 Å². The second-order valence-electron chi connectivity index (χ2n) is 5.12. The molecule has 0 atom stereocenters. The van der Waals surface area contributed by atoms with Gasteiger partial charge in [0.05, 0.1) is 18.9 Å². The maximum Gasteiger partial charge on any atom is 0.225 e. The predicted octanol–water partition coefficient (Wildman–Crippen LogP) is 4.74. The van der Waals surface area contributed by atoms with Gasteiger partial charge in [0.15, 0.2) is 0 Å². The second-order valence-corrected chi connectivity index (χ2v) is 6.29. The lowest BCUT2D eigenvalue weighted by Gasteiger charge is -2.13. The molecule has 0 saturated heterocycles. The minimum absolute atomic E-state index is 0.107. The van der Waals surface area contributed by atoms with Crippen molar-refractivity contribution in [3.05, 3.63) is 48.3 Å². The van der Waals surface area contributed by atoms with Crippen molar-refractivity contribution >= 4 is 23.4 Å². The molecular formula is C19H22FNO3S. The molecule has 0 unspecified atom stereocenters. The van der Waals surface area contributed by atoms with Gasteiger partial charge >= 0.3 is 0 Å². The third-order valence-corrected chi connectivity index (χ3v) is 4.26. The van der Waals surface area contributed by atoms with E-state index >= 15 is 0 Å². The summed E-state index contributed by atoms with van der Waals surface area (Å²) in [6.07, 6.45) is 0.340. The number of thioether (sulfide) groups is 1. The summed E-state index contributed by atoms with van der Waals surface area (Å²) in [7, 11) is 0. The number of halogens is 1. The molecule has 0 aromatic heterocycles. The molecule has 1 N–H and O–H groups in total. The van der Waals surface area contributed by atoms with E-state index in [0.29, 0.717) is 42.6 Å². The summed E-state index contributed by atoms with van der Waals surface area (Å²) in [6.45, 7) is 4.86. The standard InChI is InChI=1S/C19H22FNO3S/c1-3-23-15-7-10-18(24-4-2)17(13-15)21-19(22)11-12-25-16-8-5-14(20)6-9-16/h5-10,13H,3-4,11-12H2,1-2H3,(H,21,22). The molecular weight excluding hydrogens is 341 g/mol. The highest BCUT2D eigenvalue weighted by Gasteiger charge is 2.10. The molecule has 4 nitrogen and oxygen atoms in total. The summed E-state index contributed by atoms with van der Waals surface area (Å²) in [5.74, 6) is 1.53. The molecule has 134 valence electrons.